The number of fused-ring (bicyclic) bond motifs is 3. The van der Waals surface area contributed by atoms with Crippen molar-refractivity contribution in [3.05, 3.63) is 16.8 Å². The van der Waals surface area contributed by atoms with Crippen LogP contribution >= 0.6 is 11.3 Å². The van der Waals surface area contributed by atoms with Gasteiger partial charge in [-0.1, -0.05) is 13.3 Å². The van der Waals surface area contributed by atoms with Crippen molar-refractivity contribution >= 4 is 38.4 Å². The minimum Gasteiger partial charge on any atom is -0.382 e. The number of pyridine rings is 1. The molecule has 0 amide bonds. The summed E-state index contributed by atoms with van der Waals surface area (Å²) in [5.74, 6) is 3.03. The summed E-state index contributed by atoms with van der Waals surface area (Å²) in [5.41, 5.74) is 9.79. The number of aromatic nitrogens is 3. The molecule has 8 nitrogen and oxygen atoms in total. The number of likely N-dealkylation sites (tertiary alicyclic amines) is 2. The first-order valence-corrected chi connectivity index (χ1v) is 16.4. The van der Waals surface area contributed by atoms with E-state index < -0.39 is 0 Å². The van der Waals surface area contributed by atoms with Gasteiger partial charge >= 0.3 is 0 Å². The highest BCUT2D eigenvalue weighted by Crippen LogP contribution is 2.41. The number of anilines is 1. The summed E-state index contributed by atoms with van der Waals surface area (Å²) in [6, 6.07) is 2.96. The topological polar surface area (TPSA) is 81.7 Å². The fraction of sp³-hybridized carbons (Fsp3) is 0.742. The van der Waals surface area contributed by atoms with Crippen molar-refractivity contribution in [2.45, 2.75) is 84.2 Å². The van der Waals surface area contributed by atoms with E-state index in [9.17, 15) is 0 Å². The summed E-state index contributed by atoms with van der Waals surface area (Å²) in [4.78, 5) is 16.6. The highest BCUT2D eigenvalue weighted by molar-refractivity contribution is 7.20. The summed E-state index contributed by atoms with van der Waals surface area (Å²) in [6.07, 6.45) is 8.16. The lowest BCUT2D eigenvalue weighted by atomic mass is 9.94. The fourth-order valence-electron chi connectivity index (χ4n) is 6.46. The van der Waals surface area contributed by atoms with Crippen LogP contribution in [0.2, 0.25) is 0 Å². The third-order valence-corrected chi connectivity index (χ3v) is 10.3. The molecule has 3 aromatic heterocycles. The van der Waals surface area contributed by atoms with Crippen LogP contribution in [0.5, 0.6) is 0 Å². The van der Waals surface area contributed by atoms with Crippen LogP contribution in [0, 0.1) is 5.92 Å². The Labute approximate surface area is 244 Å². The summed E-state index contributed by atoms with van der Waals surface area (Å²) in [6.45, 7) is 15.6. The van der Waals surface area contributed by atoms with Gasteiger partial charge in [0.2, 0.25) is 0 Å². The number of nitrogen functional groups attached to an aromatic ring is 1. The van der Waals surface area contributed by atoms with Crippen LogP contribution in [0.3, 0.4) is 0 Å². The number of ether oxygens (including phenoxy) is 2. The van der Waals surface area contributed by atoms with E-state index in [0.717, 1.165) is 63.1 Å². The quantitative estimate of drug-likeness (QED) is 0.271. The zero-order chi connectivity index (χ0) is 28.1. The van der Waals surface area contributed by atoms with Crippen molar-refractivity contribution in [1.29, 1.82) is 0 Å². The Morgan fingerprint density at radius 2 is 1.82 bits per heavy atom. The van der Waals surface area contributed by atoms with Crippen LogP contribution in [0.25, 0.3) is 21.3 Å². The first kappa shape index (κ1) is 29.7. The molecule has 0 aliphatic carbocycles. The van der Waals surface area contributed by atoms with Gasteiger partial charge in [-0.2, -0.15) is 0 Å². The molecule has 5 rings (SSSR count). The monoisotopic (exact) mass is 570 g/mol. The van der Waals surface area contributed by atoms with Gasteiger partial charge in [0, 0.05) is 37.5 Å². The van der Waals surface area contributed by atoms with E-state index in [2.05, 4.69) is 41.2 Å². The first-order chi connectivity index (χ1) is 19.5. The molecule has 0 radical (unpaired) electrons. The molecular formula is C31H50N6O2S. The number of imidazole rings is 1. The van der Waals surface area contributed by atoms with Gasteiger partial charge < -0.3 is 29.6 Å². The van der Waals surface area contributed by atoms with E-state index in [-0.39, 0.29) is 0 Å². The maximum atomic E-state index is 6.59. The normalized spacial score (nSPS) is 18.6. The molecule has 0 aromatic carbocycles. The second kappa shape index (κ2) is 13.9. The van der Waals surface area contributed by atoms with Crippen molar-refractivity contribution < 1.29 is 9.47 Å². The van der Waals surface area contributed by atoms with E-state index in [4.69, 9.17) is 25.2 Å². The zero-order valence-electron chi connectivity index (χ0n) is 25.2. The van der Waals surface area contributed by atoms with Crippen LogP contribution in [0.15, 0.2) is 6.07 Å². The van der Waals surface area contributed by atoms with Crippen LogP contribution in [-0.4, -0.2) is 90.0 Å². The Bertz CT molecular complexity index is 1220. The Kier molecular flexibility index (Phi) is 10.3. The molecule has 0 unspecified atom stereocenters. The van der Waals surface area contributed by atoms with Crippen LogP contribution in [-0.2, 0) is 22.4 Å². The van der Waals surface area contributed by atoms with Crippen molar-refractivity contribution in [2.24, 2.45) is 5.92 Å². The highest BCUT2D eigenvalue weighted by atomic mass is 32.1. The number of hydrogen-bond acceptors (Lipinski definition) is 8. The molecule has 0 saturated carbocycles. The predicted molar refractivity (Wildman–Crippen MR) is 166 cm³/mol. The number of unbranched alkanes of at least 4 members (excludes halogenated alkanes) is 1. The van der Waals surface area contributed by atoms with E-state index in [0.29, 0.717) is 36.9 Å². The number of piperidine rings is 2. The lowest BCUT2D eigenvalue weighted by molar-refractivity contribution is 0.0503. The predicted octanol–water partition coefficient (Wildman–Crippen LogP) is 5.53. The molecule has 222 valence electrons. The summed E-state index contributed by atoms with van der Waals surface area (Å²) in [5, 5.41) is 0. The number of thiophene rings is 1. The molecule has 3 aromatic rings. The Balaban J connectivity index is 1.35. The van der Waals surface area contributed by atoms with Gasteiger partial charge in [0.15, 0.2) is 5.82 Å². The molecule has 2 aliphatic rings. The third kappa shape index (κ3) is 6.81. The maximum absolute atomic E-state index is 6.59. The van der Waals surface area contributed by atoms with Gasteiger partial charge in [-0.3, -0.25) is 0 Å². The van der Waals surface area contributed by atoms with Crippen LogP contribution < -0.4 is 5.73 Å². The van der Waals surface area contributed by atoms with E-state index >= 15 is 0 Å². The van der Waals surface area contributed by atoms with Crippen molar-refractivity contribution in [2.75, 3.05) is 65.4 Å². The maximum Gasteiger partial charge on any atom is 0.152 e. The van der Waals surface area contributed by atoms with Crippen molar-refractivity contribution in [1.82, 2.24) is 24.3 Å². The lowest BCUT2D eigenvalue weighted by Crippen LogP contribution is -2.37. The average Bonchev–Trinajstić information content (AvgIpc) is 3.54. The van der Waals surface area contributed by atoms with Crippen LogP contribution in [0.1, 0.15) is 75.9 Å². The lowest BCUT2D eigenvalue weighted by Gasteiger charge is -2.34. The molecule has 40 heavy (non-hydrogen) atoms. The van der Waals surface area contributed by atoms with Gasteiger partial charge in [0.1, 0.15) is 11.3 Å². The minimum atomic E-state index is 0.585. The molecule has 9 heteroatoms. The first-order valence-electron chi connectivity index (χ1n) is 15.6. The number of hydrogen-bond donors (Lipinski definition) is 1. The van der Waals surface area contributed by atoms with E-state index in [1.807, 2.05) is 11.3 Å². The summed E-state index contributed by atoms with van der Waals surface area (Å²) < 4.78 is 14.6. The van der Waals surface area contributed by atoms with Gasteiger partial charge in [-0.15, -0.1) is 11.3 Å². The molecular weight excluding hydrogens is 520 g/mol. The molecule has 5 heterocycles. The largest absolute Gasteiger partial charge is 0.382 e. The molecule has 2 fully saturated rings. The Hall–Kier alpha value is -1.78. The molecule has 2 aliphatic heterocycles. The number of methoxy groups -OCH3 is 1. The summed E-state index contributed by atoms with van der Waals surface area (Å²) in [7, 11) is 1.72. The minimum absolute atomic E-state index is 0.585. The van der Waals surface area contributed by atoms with Gasteiger partial charge in [0.05, 0.1) is 35.6 Å². The molecule has 2 saturated heterocycles. The SMILES string of the molecule is CCCCc1nc2c(N)nc3cc(C4CCN(C(C)C)CC4)sc3c2n1CC1CCN(CCOCCOC)CC1. The van der Waals surface area contributed by atoms with Crippen molar-refractivity contribution in [3.8, 4) is 0 Å². The molecule has 2 N–H and O–H groups in total. The smallest absolute Gasteiger partial charge is 0.152 e. The van der Waals surface area contributed by atoms with Crippen molar-refractivity contribution in [3.63, 3.8) is 0 Å². The van der Waals surface area contributed by atoms with Gasteiger partial charge in [-0.05, 0) is 90.0 Å². The average molecular weight is 571 g/mol. The molecule has 0 atom stereocenters. The second-order valence-corrected chi connectivity index (χ2v) is 13.2. The molecule has 0 bridgehead atoms. The number of nitrogens with two attached hydrogens (primary N) is 1. The van der Waals surface area contributed by atoms with Crippen LogP contribution in [0.4, 0.5) is 5.82 Å². The van der Waals surface area contributed by atoms with Gasteiger partial charge in [0.25, 0.3) is 0 Å². The number of rotatable bonds is 13. The fourth-order valence-corrected chi connectivity index (χ4v) is 7.78. The van der Waals surface area contributed by atoms with E-state index in [1.165, 1.54) is 59.7 Å². The van der Waals surface area contributed by atoms with Gasteiger partial charge in [-0.25, -0.2) is 9.97 Å². The number of aryl methyl sites for hydroxylation is 1. The standard InChI is InChI=1S/C31H50N6O2S/c1-5-6-7-27-34-28-29(37(27)21-23-8-12-35(13-9-23)16-17-39-19-18-38-4)30-25(33-31(28)32)20-26(40-30)24-10-14-36(15-11-24)22(2)3/h20,22-24H,5-19,21H2,1-4H3,(H2,32,33). The Morgan fingerprint density at radius 3 is 2.52 bits per heavy atom. The molecule has 0 spiro atoms. The Morgan fingerprint density at radius 1 is 1.05 bits per heavy atom. The highest BCUT2D eigenvalue weighted by Gasteiger charge is 2.27. The summed E-state index contributed by atoms with van der Waals surface area (Å²) >= 11 is 1.95. The van der Waals surface area contributed by atoms with E-state index in [1.54, 1.807) is 7.11 Å². The third-order valence-electron chi connectivity index (χ3n) is 9.02. The number of nitrogens with zero attached hydrogens (tertiary/aromatic N) is 5. The second-order valence-electron chi connectivity index (χ2n) is 12.1. The zero-order valence-corrected chi connectivity index (χ0v) is 26.0.